The van der Waals surface area contributed by atoms with Crippen molar-refractivity contribution in [3.63, 3.8) is 0 Å². The molecule has 1 aliphatic carbocycles. The minimum atomic E-state index is 0.252. The maximum absolute atomic E-state index is 6.22. The second-order valence-corrected chi connectivity index (χ2v) is 8.08. The zero-order valence-electron chi connectivity index (χ0n) is 17.5. The molecule has 3 rings (SSSR count). The summed E-state index contributed by atoms with van der Waals surface area (Å²) < 4.78 is 10.7. The van der Waals surface area contributed by atoms with Gasteiger partial charge in [-0.05, 0) is 56.5 Å². The standard InChI is InChI=1S/C22H36N4O2/c1-27-19-10-9-18(15-20(19)28-2)16-24-21(23)25-17-22(11-5-3-6-12-22)26-13-7-4-8-14-26/h9-10,15H,3-8,11-14,16-17H2,1-2H3,(H3,23,24,25). The van der Waals surface area contributed by atoms with Crippen LogP contribution in [0.5, 0.6) is 11.5 Å². The summed E-state index contributed by atoms with van der Waals surface area (Å²) in [5.74, 6) is 1.96. The van der Waals surface area contributed by atoms with Crippen LogP contribution in [0.3, 0.4) is 0 Å². The largest absolute Gasteiger partial charge is 0.493 e. The van der Waals surface area contributed by atoms with E-state index in [0.29, 0.717) is 18.3 Å². The number of likely N-dealkylation sites (tertiary alicyclic amines) is 1. The fourth-order valence-electron chi connectivity index (χ4n) is 4.65. The van der Waals surface area contributed by atoms with Crippen LogP contribution in [0.2, 0.25) is 0 Å². The number of benzene rings is 1. The second-order valence-electron chi connectivity index (χ2n) is 8.08. The number of nitrogens with two attached hydrogens (primary N) is 1. The highest BCUT2D eigenvalue weighted by atomic mass is 16.5. The van der Waals surface area contributed by atoms with Gasteiger partial charge in [0.15, 0.2) is 17.5 Å². The van der Waals surface area contributed by atoms with E-state index in [0.717, 1.165) is 17.9 Å². The molecule has 6 nitrogen and oxygen atoms in total. The minimum absolute atomic E-state index is 0.252. The first-order valence-corrected chi connectivity index (χ1v) is 10.7. The topological polar surface area (TPSA) is 72.1 Å². The van der Waals surface area contributed by atoms with Gasteiger partial charge in [-0.1, -0.05) is 31.7 Å². The van der Waals surface area contributed by atoms with E-state index in [1.54, 1.807) is 14.2 Å². The van der Waals surface area contributed by atoms with Gasteiger partial charge >= 0.3 is 0 Å². The summed E-state index contributed by atoms with van der Waals surface area (Å²) in [5, 5.41) is 3.44. The van der Waals surface area contributed by atoms with E-state index in [-0.39, 0.29) is 5.54 Å². The molecule has 28 heavy (non-hydrogen) atoms. The fraction of sp³-hybridized carbons (Fsp3) is 0.682. The van der Waals surface area contributed by atoms with Crippen LogP contribution in [0.15, 0.2) is 23.2 Å². The molecule has 0 radical (unpaired) electrons. The Hall–Kier alpha value is -1.95. The Labute approximate surface area is 169 Å². The molecule has 6 heteroatoms. The molecule has 0 unspecified atom stereocenters. The predicted molar refractivity (Wildman–Crippen MR) is 114 cm³/mol. The molecular weight excluding hydrogens is 352 g/mol. The normalized spacial score (nSPS) is 20.6. The number of hydrogen-bond donors (Lipinski definition) is 2. The molecule has 2 fully saturated rings. The lowest BCUT2D eigenvalue weighted by Gasteiger charge is -2.48. The van der Waals surface area contributed by atoms with Gasteiger partial charge in [-0.25, -0.2) is 4.99 Å². The van der Waals surface area contributed by atoms with Gasteiger partial charge in [0.25, 0.3) is 0 Å². The lowest BCUT2D eigenvalue weighted by molar-refractivity contribution is 0.0369. The van der Waals surface area contributed by atoms with Gasteiger partial charge in [-0.2, -0.15) is 0 Å². The van der Waals surface area contributed by atoms with Gasteiger partial charge in [0.05, 0.1) is 20.8 Å². The first-order valence-electron chi connectivity index (χ1n) is 10.7. The van der Waals surface area contributed by atoms with Crippen LogP contribution in [0.1, 0.15) is 56.9 Å². The molecule has 0 amide bonds. The number of ether oxygens (including phenoxy) is 2. The summed E-state index contributed by atoms with van der Waals surface area (Å²) >= 11 is 0. The Morgan fingerprint density at radius 2 is 1.71 bits per heavy atom. The number of hydrogen-bond acceptors (Lipinski definition) is 4. The highest BCUT2D eigenvalue weighted by molar-refractivity contribution is 5.77. The fourth-order valence-corrected chi connectivity index (χ4v) is 4.65. The smallest absolute Gasteiger partial charge is 0.188 e. The van der Waals surface area contributed by atoms with Crippen molar-refractivity contribution in [3.8, 4) is 11.5 Å². The summed E-state index contributed by atoms with van der Waals surface area (Å²) in [7, 11) is 3.28. The van der Waals surface area contributed by atoms with Gasteiger partial charge in [-0.3, -0.25) is 4.90 Å². The summed E-state index contributed by atoms with van der Waals surface area (Å²) in [6.07, 6.45) is 10.6. The summed E-state index contributed by atoms with van der Waals surface area (Å²) in [6, 6.07) is 5.85. The van der Waals surface area contributed by atoms with Crippen LogP contribution < -0.4 is 20.5 Å². The number of piperidine rings is 1. The lowest BCUT2D eigenvalue weighted by atomic mass is 9.79. The third kappa shape index (κ3) is 5.10. The van der Waals surface area contributed by atoms with Crippen LogP contribution in [-0.4, -0.2) is 50.3 Å². The molecule has 1 aromatic carbocycles. The summed E-state index contributed by atoms with van der Waals surface area (Å²) in [4.78, 5) is 7.28. The summed E-state index contributed by atoms with van der Waals surface area (Å²) in [6.45, 7) is 3.87. The Kier molecular flexibility index (Phi) is 7.43. The molecule has 156 valence electrons. The van der Waals surface area contributed by atoms with Crippen LogP contribution in [0, 0.1) is 0 Å². The number of nitrogens with one attached hydrogen (secondary N) is 1. The second kappa shape index (κ2) is 10.0. The van der Waals surface area contributed by atoms with Gasteiger partial charge in [0.2, 0.25) is 0 Å². The van der Waals surface area contributed by atoms with Crippen molar-refractivity contribution in [1.82, 2.24) is 10.2 Å². The van der Waals surface area contributed by atoms with Gasteiger partial charge in [-0.15, -0.1) is 0 Å². The van der Waals surface area contributed by atoms with Crippen molar-refractivity contribution in [1.29, 1.82) is 0 Å². The van der Waals surface area contributed by atoms with E-state index < -0.39 is 0 Å². The van der Waals surface area contributed by atoms with Crippen molar-refractivity contribution in [2.45, 2.75) is 63.5 Å². The molecule has 0 aromatic heterocycles. The molecule has 0 bridgehead atoms. The third-order valence-corrected chi connectivity index (χ3v) is 6.29. The first-order chi connectivity index (χ1) is 13.7. The Morgan fingerprint density at radius 1 is 1.04 bits per heavy atom. The average Bonchev–Trinajstić information content (AvgIpc) is 2.77. The van der Waals surface area contributed by atoms with E-state index in [1.165, 1.54) is 64.5 Å². The highest BCUT2D eigenvalue weighted by Crippen LogP contribution is 2.35. The molecule has 1 saturated carbocycles. The van der Waals surface area contributed by atoms with Crippen LogP contribution in [0.4, 0.5) is 0 Å². The number of aliphatic imine (C=N–C) groups is 1. The summed E-state index contributed by atoms with van der Waals surface area (Å²) in [5.41, 5.74) is 7.52. The SMILES string of the molecule is COc1ccc(CN=C(N)NCC2(N3CCCCC3)CCCCC2)cc1OC. The Morgan fingerprint density at radius 3 is 2.39 bits per heavy atom. The predicted octanol–water partition coefficient (Wildman–Crippen LogP) is 3.30. The molecule has 0 spiro atoms. The van der Waals surface area contributed by atoms with Crippen LogP contribution in [-0.2, 0) is 6.54 Å². The monoisotopic (exact) mass is 388 g/mol. The molecular formula is C22H36N4O2. The number of rotatable bonds is 7. The zero-order valence-corrected chi connectivity index (χ0v) is 17.5. The Balaban J connectivity index is 1.60. The van der Waals surface area contributed by atoms with E-state index in [9.17, 15) is 0 Å². The van der Waals surface area contributed by atoms with Crippen molar-refractivity contribution in [2.75, 3.05) is 33.9 Å². The van der Waals surface area contributed by atoms with Gasteiger partial charge < -0.3 is 20.5 Å². The minimum Gasteiger partial charge on any atom is -0.493 e. The lowest BCUT2D eigenvalue weighted by Crippen LogP contribution is -2.58. The molecule has 1 aromatic rings. The van der Waals surface area contributed by atoms with E-state index in [1.807, 2.05) is 18.2 Å². The Bertz CT molecular complexity index is 650. The van der Waals surface area contributed by atoms with Crippen LogP contribution in [0.25, 0.3) is 0 Å². The van der Waals surface area contributed by atoms with E-state index in [4.69, 9.17) is 15.2 Å². The molecule has 0 atom stereocenters. The third-order valence-electron chi connectivity index (χ3n) is 6.29. The van der Waals surface area contributed by atoms with E-state index in [2.05, 4.69) is 15.2 Å². The maximum Gasteiger partial charge on any atom is 0.188 e. The van der Waals surface area contributed by atoms with Crippen molar-refractivity contribution in [3.05, 3.63) is 23.8 Å². The quantitative estimate of drug-likeness (QED) is 0.554. The maximum atomic E-state index is 6.22. The molecule has 1 saturated heterocycles. The van der Waals surface area contributed by atoms with Crippen molar-refractivity contribution < 1.29 is 9.47 Å². The average molecular weight is 389 g/mol. The van der Waals surface area contributed by atoms with Gasteiger partial charge in [0.1, 0.15) is 0 Å². The van der Waals surface area contributed by atoms with Crippen LogP contribution >= 0.6 is 0 Å². The number of nitrogens with zero attached hydrogens (tertiary/aromatic N) is 2. The van der Waals surface area contributed by atoms with Gasteiger partial charge in [0, 0.05) is 12.1 Å². The molecule has 1 aliphatic heterocycles. The zero-order chi connectivity index (χ0) is 19.8. The molecule has 1 heterocycles. The number of guanidine groups is 1. The van der Waals surface area contributed by atoms with Crippen molar-refractivity contribution in [2.24, 2.45) is 10.7 Å². The molecule has 2 aliphatic rings. The van der Waals surface area contributed by atoms with Crippen molar-refractivity contribution >= 4 is 5.96 Å². The molecule has 3 N–H and O–H groups in total. The first kappa shape index (κ1) is 20.8. The van der Waals surface area contributed by atoms with E-state index >= 15 is 0 Å². The number of methoxy groups -OCH3 is 2. The highest BCUT2D eigenvalue weighted by Gasteiger charge is 2.38.